The van der Waals surface area contributed by atoms with Gasteiger partial charge in [-0.1, -0.05) is 12.1 Å². The highest BCUT2D eigenvalue weighted by atomic mass is 16.5. The SMILES string of the molecule is COc1ccccc1C(=O)CC1CCCN1. The number of methoxy groups -OCH3 is 1. The third-order valence-electron chi connectivity index (χ3n) is 3.00. The summed E-state index contributed by atoms with van der Waals surface area (Å²) in [6.45, 7) is 1.03. The summed E-state index contributed by atoms with van der Waals surface area (Å²) in [5.41, 5.74) is 0.693. The first-order valence-corrected chi connectivity index (χ1v) is 5.71. The van der Waals surface area contributed by atoms with Crippen molar-refractivity contribution in [3.63, 3.8) is 0 Å². The number of rotatable bonds is 4. The Balaban J connectivity index is 2.07. The Morgan fingerprint density at radius 1 is 1.50 bits per heavy atom. The fourth-order valence-electron chi connectivity index (χ4n) is 2.14. The highest BCUT2D eigenvalue weighted by Crippen LogP contribution is 2.21. The molecule has 0 aromatic heterocycles. The summed E-state index contributed by atoms with van der Waals surface area (Å²) in [4.78, 5) is 12.1. The van der Waals surface area contributed by atoms with E-state index in [1.807, 2.05) is 24.3 Å². The Bertz CT molecular complexity index is 370. The Hall–Kier alpha value is -1.35. The van der Waals surface area contributed by atoms with Gasteiger partial charge >= 0.3 is 0 Å². The van der Waals surface area contributed by atoms with Gasteiger partial charge in [0.15, 0.2) is 5.78 Å². The molecule has 1 N–H and O–H groups in total. The van der Waals surface area contributed by atoms with Gasteiger partial charge < -0.3 is 10.1 Å². The Morgan fingerprint density at radius 2 is 2.31 bits per heavy atom. The fraction of sp³-hybridized carbons (Fsp3) is 0.462. The Kier molecular flexibility index (Phi) is 3.57. The van der Waals surface area contributed by atoms with Crippen LogP contribution in [-0.4, -0.2) is 25.5 Å². The summed E-state index contributed by atoms with van der Waals surface area (Å²) < 4.78 is 5.19. The number of hydrogen-bond donors (Lipinski definition) is 1. The lowest BCUT2D eigenvalue weighted by Crippen LogP contribution is -2.24. The van der Waals surface area contributed by atoms with Gasteiger partial charge in [0.25, 0.3) is 0 Å². The van der Waals surface area contributed by atoms with E-state index in [1.54, 1.807) is 7.11 Å². The van der Waals surface area contributed by atoms with Gasteiger partial charge in [-0.25, -0.2) is 0 Å². The number of carbonyl (C=O) groups excluding carboxylic acids is 1. The number of nitrogens with one attached hydrogen (secondary N) is 1. The average Bonchev–Trinajstić information content (AvgIpc) is 2.81. The molecule has 1 aliphatic heterocycles. The van der Waals surface area contributed by atoms with E-state index < -0.39 is 0 Å². The van der Waals surface area contributed by atoms with Crippen LogP contribution in [-0.2, 0) is 0 Å². The van der Waals surface area contributed by atoms with Gasteiger partial charge in [0.1, 0.15) is 5.75 Å². The van der Waals surface area contributed by atoms with Gasteiger partial charge in [-0.3, -0.25) is 4.79 Å². The standard InChI is InChI=1S/C13H17NO2/c1-16-13-7-3-2-6-11(13)12(15)9-10-5-4-8-14-10/h2-3,6-7,10,14H,4-5,8-9H2,1H3. The zero-order chi connectivity index (χ0) is 11.4. The van der Waals surface area contributed by atoms with Crippen molar-refractivity contribution in [2.75, 3.05) is 13.7 Å². The number of ether oxygens (including phenoxy) is 1. The normalized spacial score (nSPS) is 19.7. The molecule has 1 aromatic rings. The zero-order valence-corrected chi connectivity index (χ0v) is 9.53. The molecular weight excluding hydrogens is 202 g/mol. The van der Waals surface area contributed by atoms with E-state index in [4.69, 9.17) is 4.74 Å². The van der Waals surface area contributed by atoms with Crippen LogP contribution in [0.4, 0.5) is 0 Å². The molecule has 3 heteroatoms. The topological polar surface area (TPSA) is 38.3 Å². The molecule has 1 fully saturated rings. The maximum absolute atomic E-state index is 12.1. The predicted octanol–water partition coefficient (Wildman–Crippen LogP) is 2.02. The number of hydrogen-bond acceptors (Lipinski definition) is 3. The highest BCUT2D eigenvalue weighted by Gasteiger charge is 2.20. The monoisotopic (exact) mass is 219 g/mol. The second-order valence-electron chi connectivity index (χ2n) is 4.12. The molecule has 0 saturated carbocycles. The van der Waals surface area contributed by atoms with Crippen LogP contribution in [0.5, 0.6) is 5.75 Å². The average molecular weight is 219 g/mol. The van der Waals surface area contributed by atoms with E-state index >= 15 is 0 Å². The van der Waals surface area contributed by atoms with Gasteiger partial charge in [0.05, 0.1) is 12.7 Å². The first kappa shape index (κ1) is 11.1. The third-order valence-corrected chi connectivity index (χ3v) is 3.00. The maximum atomic E-state index is 12.1. The number of benzene rings is 1. The van der Waals surface area contributed by atoms with Crippen LogP contribution < -0.4 is 10.1 Å². The van der Waals surface area contributed by atoms with Crippen LogP contribution in [0.15, 0.2) is 24.3 Å². The van der Waals surface area contributed by atoms with Gasteiger partial charge in [-0.05, 0) is 31.5 Å². The molecule has 3 nitrogen and oxygen atoms in total. The summed E-state index contributed by atoms with van der Waals surface area (Å²) >= 11 is 0. The van der Waals surface area contributed by atoms with Crippen molar-refractivity contribution in [2.45, 2.75) is 25.3 Å². The van der Waals surface area contributed by atoms with Gasteiger partial charge in [0.2, 0.25) is 0 Å². The van der Waals surface area contributed by atoms with Gasteiger partial charge in [-0.2, -0.15) is 0 Å². The first-order valence-electron chi connectivity index (χ1n) is 5.71. The molecule has 86 valence electrons. The van der Waals surface area contributed by atoms with Crippen molar-refractivity contribution >= 4 is 5.78 Å². The molecule has 1 heterocycles. The second kappa shape index (κ2) is 5.12. The number of para-hydroxylation sites is 1. The molecule has 1 atom stereocenters. The van der Waals surface area contributed by atoms with Crippen molar-refractivity contribution in [1.29, 1.82) is 0 Å². The predicted molar refractivity (Wildman–Crippen MR) is 63.0 cm³/mol. The number of carbonyl (C=O) groups is 1. The summed E-state index contributed by atoms with van der Waals surface area (Å²) in [7, 11) is 1.60. The van der Waals surface area contributed by atoms with Crippen LogP contribution in [0.3, 0.4) is 0 Å². The van der Waals surface area contributed by atoms with Gasteiger partial charge in [-0.15, -0.1) is 0 Å². The quantitative estimate of drug-likeness (QED) is 0.787. The van der Waals surface area contributed by atoms with E-state index in [1.165, 1.54) is 6.42 Å². The van der Waals surface area contributed by atoms with Crippen molar-refractivity contribution < 1.29 is 9.53 Å². The van der Waals surface area contributed by atoms with Crippen LogP contribution in [0.2, 0.25) is 0 Å². The lowest BCUT2D eigenvalue weighted by Gasteiger charge is -2.11. The summed E-state index contributed by atoms with van der Waals surface area (Å²) in [6.07, 6.45) is 2.84. The van der Waals surface area contributed by atoms with Crippen molar-refractivity contribution in [3.05, 3.63) is 29.8 Å². The van der Waals surface area contributed by atoms with Crippen LogP contribution in [0.25, 0.3) is 0 Å². The van der Waals surface area contributed by atoms with E-state index in [-0.39, 0.29) is 5.78 Å². The molecule has 1 aromatic carbocycles. The Labute approximate surface area is 95.8 Å². The molecule has 0 amide bonds. The third kappa shape index (κ3) is 2.42. The molecule has 0 aliphatic carbocycles. The molecule has 1 aliphatic rings. The van der Waals surface area contributed by atoms with Crippen molar-refractivity contribution in [3.8, 4) is 5.75 Å². The smallest absolute Gasteiger partial charge is 0.168 e. The number of Topliss-reactive ketones (excluding diaryl/α,β-unsaturated/α-hetero) is 1. The molecule has 0 radical (unpaired) electrons. The minimum atomic E-state index is 0.164. The second-order valence-corrected chi connectivity index (χ2v) is 4.12. The largest absolute Gasteiger partial charge is 0.496 e. The minimum Gasteiger partial charge on any atom is -0.496 e. The van der Waals surface area contributed by atoms with Crippen LogP contribution >= 0.6 is 0 Å². The van der Waals surface area contributed by atoms with E-state index in [0.717, 1.165) is 13.0 Å². The fourth-order valence-corrected chi connectivity index (χ4v) is 2.14. The maximum Gasteiger partial charge on any atom is 0.168 e. The first-order chi connectivity index (χ1) is 7.81. The van der Waals surface area contributed by atoms with E-state index in [9.17, 15) is 4.79 Å². The summed E-state index contributed by atoms with van der Waals surface area (Å²) in [6, 6.07) is 7.75. The lowest BCUT2D eigenvalue weighted by molar-refractivity contribution is 0.0968. The molecule has 1 saturated heterocycles. The summed E-state index contributed by atoms with van der Waals surface area (Å²) in [5, 5.41) is 3.33. The Morgan fingerprint density at radius 3 is 3.00 bits per heavy atom. The summed E-state index contributed by atoms with van der Waals surface area (Å²) in [5.74, 6) is 0.836. The molecule has 0 bridgehead atoms. The van der Waals surface area contributed by atoms with Crippen LogP contribution in [0, 0.1) is 0 Å². The number of ketones is 1. The molecule has 1 unspecified atom stereocenters. The highest BCUT2D eigenvalue weighted by molar-refractivity contribution is 5.99. The zero-order valence-electron chi connectivity index (χ0n) is 9.53. The van der Waals surface area contributed by atoms with Gasteiger partial charge in [0, 0.05) is 12.5 Å². The molecule has 16 heavy (non-hydrogen) atoms. The van der Waals surface area contributed by atoms with Crippen molar-refractivity contribution in [2.24, 2.45) is 0 Å². The molecule has 2 rings (SSSR count). The van der Waals surface area contributed by atoms with E-state index in [0.29, 0.717) is 23.8 Å². The van der Waals surface area contributed by atoms with Crippen LogP contribution in [0.1, 0.15) is 29.6 Å². The lowest BCUT2D eigenvalue weighted by atomic mass is 10.0. The van der Waals surface area contributed by atoms with E-state index in [2.05, 4.69) is 5.32 Å². The minimum absolute atomic E-state index is 0.164. The molecular formula is C13H17NO2. The van der Waals surface area contributed by atoms with Crippen molar-refractivity contribution in [1.82, 2.24) is 5.32 Å². The molecule has 0 spiro atoms.